The van der Waals surface area contributed by atoms with Gasteiger partial charge in [0.2, 0.25) is 0 Å². The summed E-state index contributed by atoms with van der Waals surface area (Å²) in [6.45, 7) is 9.27. The van der Waals surface area contributed by atoms with Crippen molar-refractivity contribution in [3.8, 4) is 0 Å². The lowest BCUT2D eigenvalue weighted by Gasteiger charge is -2.10. The second-order valence-electron chi connectivity index (χ2n) is 4.25. The van der Waals surface area contributed by atoms with Crippen LogP contribution in [0.2, 0.25) is 0 Å². The van der Waals surface area contributed by atoms with Crippen LogP contribution in [-0.2, 0) is 0 Å². The molecule has 0 aromatic rings. The molecule has 0 saturated carbocycles. The first kappa shape index (κ1) is 13.7. The topological polar surface area (TPSA) is 24.7 Å². The molecule has 2 heterocycles. The molecule has 0 fully saturated rings. The first-order valence-corrected chi connectivity index (χ1v) is 8.38. The van der Waals surface area contributed by atoms with Crippen molar-refractivity contribution in [3.63, 3.8) is 0 Å². The number of hydrogen-bond donors (Lipinski definition) is 0. The molecule has 4 heteroatoms. The van der Waals surface area contributed by atoms with Crippen molar-refractivity contribution in [2.45, 2.75) is 34.1 Å². The van der Waals surface area contributed by atoms with Crippen LogP contribution in [0.4, 0.5) is 0 Å². The summed E-state index contributed by atoms with van der Waals surface area (Å²) in [6, 6.07) is 0. The summed E-state index contributed by atoms with van der Waals surface area (Å²) in [4.78, 5) is 11.8. The van der Waals surface area contributed by atoms with Crippen LogP contribution in [0, 0.1) is 0 Å². The number of aliphatic imine (C=N–C) groups is 2. The quantitative estimate of drug-likeness (QED) is 0.680. The lowest BCUT2D eigenvalue weighted by molar-refractivity contribution is 1.11. The molecule has 0 bridgehead atoms. The molecule has 0 radical (unpaired) electrons. The number of hydrogen-bond acceptors (Lipinski definition) is 3. The smallest absolute Gasteiger partial charge is 0.156 e. The van der Waals surface area contributed by atoms with E-state index < -0.39 is 0 Å². The second-order valence-corrected chi connectivity index (χ2v) is 6.52. The zero-order valence-corrected chi connectivity index (χ0v) is 12.9. The number of amidine groups is 1. The minimum Gasteiger partial charge on any atom is -0.266 e. The van der Waals surface area contributed by atoms with Crippen LogP contribution >= 0.6 is 21.6 Å². The van der Waals surface area contributed by atoms with Gasteiger partial charge in [-0.2, -0.15) is 0 Å². The number of allylic oxidation sites excluding steroid dienone is 4. The van der Waals surface area contributed by atoms with E-state index in [1.807, 2.05) is 27.8 Å². The summed E-state index contributed by atoms with van der Waals surface area (Å²) < 4.78 is 0. The first-order valence-electron chi connectivity index (χ1n) is 6.23. The Bertz CT molecular complexity index is 508. The Morgan fingerprint density at radius 3 is 2.61 bits per heavy atom. The van der Waals surface area contributed by atoms with E-state index in [0.29, 0.717) is 0 Å². The Balaban J connectivity index is 2.61. The molecule has 2 aliphatic heterocycles. The highest BCUT2D eigenvalue weighted by molar-refractivity contribution is 8.80. The average molecular weight is 278 g/mol. The van der Waals surface area contributed by atoms with Gasteiger partial charge in [-0.3, -0.25) is 4.99 Å². The minimum atomic E-state index is 0.775. The van der Waals surface area contributed by atoms with E-state index in [9.17, 15) is 0 Å². The molecule has 2 rings (SSSR count). The van der Waals surface area contributed by atoms with Gasteiger partial charge >= 0.3 is 0 Å². The van der Waals surface area contributed by atoms with Gasteiger partial charge in [-0.05, 0) is 44.4 Å². The summed E-state index contributed by atoms with van der Waals surface area (Å²) in [6.07, 6.45) is 5.25. The van der Waals surface area contributed by atoms with Crippen molar-refractivity contribution in [1.82, 2.24) is 0 Å². The van der Waals surface area contributed by atoms with Crippen molar-refractivity contribution in [3.05, 3.63) is 32.6 Å². The Labute approximate surface area is 117 Å². The molecule has 0 amide bonds. The van der Waals surface area contributed by atoms with Crippen LogP contribution in [0.25, 0.3) is 0 Å². The normalized spacial score (nSPS) is 29.1. The van der Waals surface area contributed by atoms with Gasteiger partial charge in [0.05, 0.1) is 0 Å². The zero-order valence-electron chi connectivity index (χ0n) is 11.3. The third kappa shape index (κ3) is 2.64. The number of fused-ring (bicyclic) bond motifs is 1. The maximum Gasteiger partial charge on any atom is 0.156 e. The molecule has 2 aliphatic rings. The fraction of sp³-hybridized carbons (Fsp3) is 0.429. The summed E-state index contributed by atoms with van der Waals surface area (Å²) in [5.41, 5.74) is 3.74. The third-order valence-electron chi connectivity index (χ3n) is 2.96. The largest absolute Gasteiger partial charge is 0.266 e. The molecular formula is C14H18N2S2. The van der Waals surface area contributed by atoms with E-state index in [1.54, 1.807) is 0 Å². The third-order valence-corrected chi connectivity index (χ3v) is 5.63. The Morgan fingerprint density at radius 1 is 1.17 bits per heavy atom. The number of rotatable bonds is 2. The molecule has 0 aromatic carbocycles. The van der Waals surface area contributed by atoms with Crippen molar-refractivity contribution in [2.75, 3.05) is 6.54 Å². The van der Waals surface area contributed by atoms with Crippen LogP contribution in [0.3, 0.4) is 0 Å². The highest BCUT2D eigenvalue weighted by Gasteiger charge is 2.25. The first-order chi connectivity index (χ1) is 8.67. The van der Waals surface area contributed by atoms with E-state index in [0.717, 1.165) is 18.8 Å². The van der Waals surface area contributed by atoms with E-state index in [1.165, 1.54) is 26.5 Å². The molecule has 0 spiro atoms. The van der Waals surface area contributed by atoms with Crippen LogP contribution in [-0.4, -0.2) is 18.6 Å². The van der Waals surface area contributed by atoms with Crippen molar-refractivity contribution < 1.29 is 0 Å². The fourth-order valence-electron chi connectivity index (χ4n) is 1.79. The lowest BCUT2D eigenvalue weighted by Crippen LogP contribution is -2.05. The van der Waals surface area contributed by atoms with Gasteiger partial charge in [0.15, 0.2) is 5.84 Å². The van der Waals surface area contributed by atoms with E-state index in [2.05, 4.69) is 43.8 Å². The van der Waals surface area contributed by atoms with Crippen molar-refractivity contribution >= 4 is 33.6 Å². The monoisotopic (exact) mass is 278 g/mol. The molecule has 0 saturated heterocycles. The van der Waals surface area contributed by atoms with Gasteiger partial charge in [0.25, 0.3) is 0 Å². The van der Waals surface area contributed by atoms with Gasteiger partial charge in [-0.15, -0.1) is 0 Å². The van der Waals surface area contributed by atoms with Gasteiger partial charge in [-0.1, -0.05) is 28.5 Å². The molecule has 96 valence electrons. The van der Waals surface area contributed by atoms with Crippen molar-refractivity contribution in [1.29, 1.82) is 0 Å². The molecule has 0 atom stereocenters. The molecule has 0 aliphatic carbocycles. The van der Waals surface area contributed by atoms with Crippen LogP contribution < -0.4 is 0 Å². The molecule has 18 heavy (non-hydrogen) atoms. The van der Waals surface area contributed by atoms with Crippen molar-refractivity contribution in [2.24, 2.45) is 9.98 Å². The van der Waals surface area contributed by atoms with Gasteiger partial charge in [0, 0.05) is 28.1 Å². The molecule has 0 N–H and O–H groups in total. The summed E-state index contributed by atoms with van der Waals surface area (Å²) in [7, 11) is 3.68. The predicted molar refractivity (Wildman–Crippen MR) is 85.4 cm³/mol. The Morgan fingerprint density at radius 2 is 1.94 bits per heavy atom. The SMILES string of the molecule is CCN=C1N=C/C(C)=C(C)\C=C2/SSC(CC)=C12. The lowest BCUT2D eigenvalue weighted by atomic mass is 10.1. The maximum atomic E-state index is 4.59. The van der Waals surface area contributed by atoms with Crippen LogP contribution in [0.15, 0.2) is 42.6 Å². The van der Waals surface area contributed by atoms with Crippen LogP contribution in [0.1, 0.15) is 34.1 Å². The fourth-order valence-corrected chi connectivity index (χ4v) is 4.54. The summed E-state index contributed by atoms with van der Waals surface area (Å²) >= 11 is 0. The van der Waals surface area contributed by atoms with Gasteiger partial charge in [-0.25, -0.2) is 4.99 Å². The van der Waals surface area contributed by atoms with Gasteiger partial charge in [0.1, 0.15) is 0 Å². The highest BCUT2D eigenvalue weighted by atomic mass is 33.1. The van der Waals surface area contributed by atoms with E-state index in [4.69, 9.17) is 0 Å². The molecule has 0 aromatic heterocycles. The zero-order chi connectivity index (χ0) is 13.1. The standard InChI is InChI=1S/C14H18N2S2/c1-5-11-13-12(18-17-11)7-9(3)10(4)8-16-14(13)15-6-2/h7-8H,5-6H2,1-4H3/b10-9-,12-7-,15-14?,16-8?. The Kier molecular flexibility index (Phi) is 4.51. The predicted octanol–water partition coefficient (Wildman–Crippen LogP) is 4.77. The minimum absolute atomic E-state index is 0.775. The van der Waals surface area contributed by atoms with E-state index >= 15 is 0 Å². The van der Waals surface area contributed by atoms with Gasteiger partial charge < -0.3 is 0 Å². The molecule has 0 unspecified atom stereocenters. The highest BCUT2D eigenvalue weighted by Crippen LogP contribution is 2.52. The summed E-state index contributed by atoms with van der Waals surface area (Å²) in [5, 5.41) is 0. The number of nitrogens with zero attached hydrogens (tertiary/aromatic N) is 2. The van der Waals surface area contributed by atoms with Crippen LogP contribution in [0.5, 0.6) is 0 Å². The average Bonchev–Trinajstić information content (AvgIpc) is 2.75. The van der Waals surface area contributed by atoms with E-state index in [-0.39, 0.29) is 0 Å². The molecular weight excluding hydrogens is 260 g/mol. The Hall–Kier alpha value is -0.740. The summed E-state index contributed by atoms with van der Waals surface area (Å²) in [5.74, 6) is 0.893. The second kappa shape index (κ2) is 5.93. The maximum absolute atomic E-state index is 4.59. The molecule has 2 nitrogen and oxygen atoms in total.